The van der Waals surface area contributed by atoms with Crippen molar-refractivity contribution in [2.45, 2.75) is 38.9 Å². The van der Waals surface area contributed by atoms with E-state index in [0.29, 0.717) is 10.2 Å². The van der Waals surface area contributed by atoms with Crippen molar-refractivity contribution >= 4 is 5.97 Å². The summed E-state index contributed by atoms with van der Waals surface area (Å²) in [5, 5.41) is 35.3. The molecule has 0 heterocycles. The molecule has 26 heavy (non-hydrogen) atoms. The van der Waals surface area contributed by atoms with Crippen LogP contribution in [0.3, 0.4) is 0 Å². The first-order valence-electron chi connectivity index (χ1n) is 8.74. The number of para-hydroxylation sites is 1. The zero-order chi connectivity index (χ0) is 20.4. The highest BCUT2D eigenvalue weighted by Gasteiger charge is 2.04. The molecule has 7 heteroatoms. The van der Waals surface area contributed by atoms with Crippen LogP contribution < -0.4 is 9.84 Å². The van der Waals surface area contributed by atoms with Gasteiger partial charge in [-0.05, 0) is 31.9 Å². The largest absolute Gasteiger partial charge is 0.544 e. The van der Waals surface area contributed by atoms with Gasteiger partial charge >= 0.3 is 0 Å². The molecule has 0 amide bonds. The maximum atomic E-state index is 9.89. The zero-order valence-electron chi connectivity index (χ0n) is 16.4. The van der Waals surface area contributed by atoms with Gasteiger partial charge in [0.25, 0.3) is 0 Å². The third-order valence-electron chi connectivity index (χ3n) is 2.72. The van der Waals surface area contributed by atoms with Crippen LogP contribution in [-0.2, 0) is 4.79 Å². The number of quaternary nitrogens is 1. The van der Waals surface area contributed by atoms with E-state index in [1.807, 2.05) is 18.2 Å². The minimum Gasteiger partial charge on any atom is -0.544 e. The van der Waals surface area contributed by atoms with E-state index in [4.69, 9.17) is 20.1 Å². The van der Waals surface area contributed by atoms with Crippen LogP contribution in [0.1, 0.15) is 32.6 Å². The number of carboxylic acids is 1. The number of benzene rings is 1. The Hall–Kier alpha value is -1.67. The third-order valence-corrected chi connectivity index (χ3v) is 2.72. The second kappa shape index (κ2) is 16.8. The van der Waals surface area contributed by atoms with Crippen LogP contribution in [0.4, 0.5) is 0 Å². The quantitative estimate of drug-likeness (QED) is 0.328. The number of likely N-dealkylation sites (N-methyl/N-ethyl adjacent to an activating group) is 1. The molecule has 1 aromatic rings. The molecule has 0 aliphatic carbocycles. The van der Waals surface area contributed by atoms with Crippen LogP contribution in [0, 0.1) is 0 Å². The maximum absolute atomic E-state index is 9.89. The number of aliphatic carboxylic acids is 1. The van der Waals surface area contributed by atoms with E-state index in [0.717, 1.165) is 25.7 Å². The molecule has 3 N–H and O–H groups in total. The molecular weight excluding hydrogens is 338 g/mol. The maximum Gasteiger partial charge on any atom is 0.194 e. The second-order valence-electron chi connectivity index (χ2n) is 6.71. The van der Waals surface area contributed by atoms with Crippen LogP contribution in [0.25, 0.3) is 0 Å². The lowest BCUT2D eigenvalue weighted by Gasteiger charge is -2.23. The number of aliphatic hydroxyl groups is 3. The van der Waals surface area contributed by atoms with Crippen LogP contribution in [-0.4, -0.2) is 73.0 Å². The van der Waals surface area contributed by atoms with Gasteiger partial charge in [-0.3, -0.25) is 0 Å². The van der Waals surface area contributed by atoms with Crippen LogP contribution in [0.2, 0.25) is 0 Å². The Bertz CT molecular complexity index is 425. The van der Waals surface area contributed by atoms with Gasteiger partial charge in [0, 0.05) is 13.2 Å². The van der Waals surface area contributed by atoms with Crippen molar-refractivity contribution in [3.05, 3.63) is 30.3 Å². The summed E-state index contributed by atoms with van der Waals surface area (Å²) in [6.07, 6.45) is 3.09. The molecule has 0 aliphatic heterocycles. The number of rotatable bonds is 9. The van der Waals surface area contributed by atoms with Gasteiger partial charge in [0.2, 0.25) is 0 Å². The van der Waals surface area contributed by atoms with Crippen LogP contribution in [0.5, 0.6) is 5.75 Å². The smallest absolute Gasteiger partial charge is 0.194 e. The molecule has 0 saturated carbocycles. The molecule has 0 aliphatic rings. The van der Waals surface area contributed by atoms with Crippen molar-refractivity contribution in [1.29, 1.82) is 0 Å². The number of carbonyl (C=O) groups excluding carboxylic acids is 1. The molecule has 0 saturated heterocycles. The predicted octanol–water partition coefficient (Wildman–Crippen LogP) is 0.378. The molecular formula is C19H35NO6. The number of nitrogens with zero attached hydrogens (tertiary/aromatic N) is 1. The molecule has 152 valence electrons. The highest BCUT2D eigenvalue weighted by Crippen LogP contribution is 2.09. The van der Waals surface area contributed by atoms with E-state index in [2.05, 4.69) is 0 Å². The fourth-order valence-electron chi connectivity index (χ4n) is 1.66. The van der Waals surface area contributed by atoms with E-state index >= 15 is 0 Å². The standard InChI is InChI=1S/C8H10O2.C6H14O2.C5H11NO2/c1-7(9)10-8-5-3-2-4-6-8;7-5-3-1-2-4-6-8;1-6(2,3)4-5(7)8/h2-7,9H,1H3;7-8H,1-6H2;4H2,1-3H3. The van der Waals surface area contributed by atoms with Gasteiger partial charge < -0.3 is 34.4 Å². The van der Waals surface area contributed by atoms with Crippen molar-refractivity contribution in [3.63, 3.8) is 0 Å². The second-order valence-corrected chi connectivity index (χ2v) is 6.71. The molecule has 1 rings (SSSR count). The molecule has 0 fully saturated rings. The van der Waals surface area contributed by atoms with E-state index in [1.54, 1.807) is 40.2 Å². The molecule has 1 aromatic carbocycles. The highest BCUT2D eigenvalue weighted by atomic mass is 16.6. The molecule has 0 radical (unpaired) electrons. The Kier molecular flexibility index (Phi) is 17.1. The summed E-state index contributed by atoms with van der Waals surface area (Å²) in [6, 6.07) is 9.21. The topological polar surface area (TPSA) is 110 Å². The first kappa shape index (κ1) is 26.6. The fourth-order valence-corrected chi connectivity index (χ4v) is 1.66. The number of hydrogen-bond acceptors (Lipinski definition) is 6. The normalized spacial score (nSPS) is 11.3. The lowest BCUT2D eigenvalue weighted by molar-refractivity contribution is -0.864. The monoisotopic (exact) mass is 373 g/mol. The predicted molar refractivity (Wildman–Crippen MR) is 99.3 cm³/mol. The van der Waals surface area contributed by atoms with E-state index in [1.165, 1.54) is 0 Å². The summed E-state index contributed by atoms with van der Waals surface area (Å²) in [5.41, 5.74) is 0. The lowest BCUT2D eigenvalue weighted by Crippen LogP contribution is -2.45. The molecule has 1 unspecified atom stereocenters. The Labute approximate surface area is 157 Å². The summed E-state index contributed by atoms with van der Waals surface area (Å²) < 4.78 is 5.39. The first-order chi connectivity index (χ1) is 12.1. The van der Waals surface area contributed by atoms with Crippen molar-refractivity contribution in [2.24, 2.45) is 0 Å². The summed E-state index contributed by atoms with van der Waals surface area (Å²) in [7, 11) is 5.40. The summed E-state index contributed by atoms with van der Waals surface area (Å²) in [6.45, 7) is 2.21. The van der Waals surface area contributed by atoms with Gasteiger partial charge in [0.1, 0.15) is 12.3 Å². The van der Waals surface area contributed by atoms with Crippen molar-refractivity contribution in [3.8, 4) is 5.75 Å². The molecule has 1 atom stereocenters. The number of hydrogen-bond donors (Lipinski definition) is 3. The van der Waals surface area contributed by atoms with Gasteiger partial charge in [-0.25, -0.2) is 0 Å². The third kappa shape index (κ3) is 24.6. The first-order valence-corrected chi connectivity index (χ1v) is 8.74. The summed E-state index contributed by atoms with van der Waals surface area (Å²) in [4.78, 5) is 9.89. The number of carboxylic acid groups (broad SMARTS) is 1. The summed E-state index contributed by atoms with van der Waals surface area (Å²) >= 11 is 0. The SMILES string of the molecule is CC(O)Oc1ccccc1.C[N+](C)(C)CC(=O)[O-].OCCCCCCO. The molecule has 0 aromatic heterocycles. The van der Waals surface area contributed by atoms with Gasteiger partial charge in [-0.15, -0.1) is 0 Å². The molecule has 7 nitrogen and oxygen atoms in total. The Morgan fingerprint density at radius 3 is 1.77 bits per heavy atom. The van der Waals surface area contributed by atoms with Gasteiger partial charge in [0.15, 0.2) is 6.29 Å². The van der Waals surface area contributed by atoms with Crippen LogP contribution in [0.15, 0.2) is 30.3 Å². The Morgan fingerprint density at radius 2 is 1.50 bits per heavy atom. The van der Waals surface area contributed by atoms with Crippen molar-refractivity contribution < 1.29 is 34.4 Å². The van der Waals surface area contributed by atoms with Crippen LogP contribution >= 0.6 is 0 Å². The molecule has 0 bridgehead atoms. The average Bonchev–Trinajstić information content (AvgIpc) is 2.51. The van der Waals surface area contributed by atoms with Gasteiger partial charge in [-0.2, -0.15) is 0 Å². The average molecular weight is 373 g/mol. The number of carbonyl (C=O) groups is 1. The zero-order valence-corrected chi connectivity index (χ0v) is 16.4. The summed E-state index contributed by atoms with van der Waals surface area (Å²) in [5.74, 6) is -0.310. The number of aliphatic hydroxyl groups excluding tert-OH is 3. The number of unbranched alkanes of at least 4 members (excludes halogenated alkanes) is 3. The van der Waals surface area contributed by atoms with Gasteiger partial charge in [-0.1, -0.05) is 31.0 Å². The molecule has 0 spiro atoms. The van der Waals surface area contributed by atoms with E-state index in [9.17, 15) is 9.90 Å². The fraction of sp³-hybridized carbons (Fsp3) is 0.632. The van der Waals surface area contributed by atoms with E-state index < -0.39 is 12.3 Å². The Morgan fingerprint density at radius 1 is 1.04 bits per heavy atom. The van der Waals surface area contributed by atoms with E-state index in [-0.39, 0.29) is 19.8 Å². The minimum atomic E-state index is -1.00. The van der Waals surface area contributed by atoms with Crippen molar-refractivity contribution in [2.75, 3.05) is 40.9 Å². The Balaban J connectivity index is 0. The van der Waals surface area contributed by atoms with Crippen molar-refractivity contribution in [1.82, 2.24) is 0 Å². The number of ether oxygens (including phenoxy) is 1. The highest BCUT2D eigenvalue weighted by molar-refractivity contribution is 5.65. The lowest BCUT2D eigenvalue weighted by atomic mass is 10.2. The van der Waals surface area contributed by atoms with Gasteiger partial charge in [0.05, 0.1) is 27.1 Å². The minimum absolute atomic E-state index is 0.0694.